The van der Waals surface area contributed by atoms with E-state index in [2.05, 4.69) is 20.9 Å². The van der Waals surface area contributed by atoms with Crippen LogP contribution in [0.5, 0.6) is 0 Å². The molecule has 0 fully saturated rings. The van der Waals surface area contributed by atoms with Crippen molar-refractivity contribution in [3.63, 3.8) is 0 Å². The fraction of sp³-hybridized carbons (Fsp3) is 0.0833. The minimum atomic E-state index is -0.987. The van der Waals surface area contributed by atoms with Gasteiger partial charge in [0, 0.05) is 28.0 Å². The van der Waals surface area contributed by atoms with Gasteiger partial charge < -0.3 is 5.11 Å². The van der Waals surface area contributed by atoms with Crippen LogP contribution in [-0.2, 0) is 0 Å². The fourth-order valence-electron chi connectivity index (χ4n) is 1.47. The van der Waals surface area contributed by atoms with Crippen LogP contribution >= 0.6 is 15.9 Å². The summed E-state index contributed by atoms with van der Waals surface area (Å²) >= 11 is 3.27. The van der Waals surface area contributed by atoms with Crippen LogP contribution in [0, 0.1) is 5.82 Å². The second-order valence-electron chi connectivity index (χ2n) is 3.32. The summed E-state index contributed by atoms with van der Waals surface area (Å²) in [6.45, 7) is 0. The first-order valence-electron chi connectivity index (χ1n) is 4.72. The summed E-state index contributed by atoms with van der Waals surface area (Å²) in [6.07, 6.45) is 2.14. The van der Waals surface area contributed by atoms with E-state index in [-0.39, 0.29) is 5.56 Å². The Hall–Kier alpha value is -1.26. The Morgan fingerprint density at radius 3 is 2.62 bits per heavy atom. The molecule has 0 saturated heterocycles. The molecule has 0 aliphatic rings. The number of aromatic nitrogens is 1. The molecule has 0 spiro atoms. The van der Waals surface area contributed by atoms with Crippen molar-refractivity contribution >= 4 is 15.9 Å². The largest absolute Gasteiger partial charge is 0.384 e. The maximum atomic E-state index is 13.5. The highest BCUT2D eigenvalue weighted by atomic mass is 79.9. The molecule has 0 radical (unpaired) electrons. The van der Waals surface area contributed by atoms with Gasteiger partial charge in [-0.2, -0.15) is 0 Å². The molecule has 1 unspecified atom stereocenters. The maximum absolute atomic E-state index is 13.5. The third kappa shape index (κ3) is 2.13. The number of hydrogen-bond acceptors (Lipinski definition) is 2. The summed E-state index contributed by atoms with van der Waals surface area (Å²) in [7, 11) is 0. The quantitative estimate of drug-likeness (QED) is 0.918. The number of aliphatic hydroxyl groups excluding tert-OH is 1. The standard InChI is InChI=1S/C12H9BrFNO/c13-10-7-15-6-5-8(10)12(16)9-3-1-2-4-11(9)14/h1-7,12,16H. The Balaban J connectivity index is 2.44. The third-order valence-electron chi connectivity index (χ3n) is 2.30. The monoisotopic (exact) mass is 281 g/mol. The van der Waals surface area contributed by atoms with Gasteiger partial charge in [-0.15, -0.1) is 0 Å². The molecule has 0 saturated carbocycles. The molecular formula is C12H9BrFNO. The van der Waals surface area contributed by atoms with Crippen molar-refractivity contribution in [2.24, 2.45) is 0 Å². The van der Waals surface area contributed by atoms with Crippen LogP contribution in [0.3, 0.4) is 0 Å². The second kappa shape index (κ2) is 4.72. The van der Waals surface area contributed by atoms with Crippen LogP contribution in [0.15, 0.2) is 47.2 Å². The zero-order valence-electron chi connectivity index (χ0n) is 8.27. The molecule has 2 aromatic rings. The molecule has 82 valence electrons. The molecule has 2 rings (SSSR count). The Bertz CT molecular complexity index is 458. The molecule has 1 heterocycles. The first-order valence-corrected chi connectivity index (χ1v) is 5.51. The zero-order chi connectivity index (χ0) is 11.5. The van der Waals surface area contributed by atoms with Gasteiger partial charge in [-0.3, -0.25) is 4.98 Å². The van der Waals surface area contributed by atoms with E-state index >= 15 is 0 Å². The van der Waals surface area contributed by atoms with E-state index in [1.807, 2.05) is 0 Å². The zero-order valence-corrected chi connectivity index (χ0v) is 9.86. The van der Waals surface area contributed by atoms with Crippen molar-refractivity contribution in [2.45, 2.75) is 6.10 Å². The maximum Gasteiger partial charge on any atom is 0.129 e. The smallest absolute Gasteiger partial charge is 0.129 e. The van der Waals surface area contributed by atoms with Gasteiger partial charge in [0.1, 0.15) is 11.9 Å². The van der Waals surface area contributed by atoms with Gasteiger partial charge in [0.05, 0.1) is 0 Å². The van der Waals surface area contributed by atoms with Crippen molar-refractivity contribution in [1.82, 2.24) is 4.98 Å². The van der Waals surface area contributed by atoms with Crippen LogP contribution in [-0.4, -0.2) is 10.1 Å². The van der Waals surface area contributed by atoms with Crippen molar-refractivity contribution < 1.29 is 9.50 Å². The highest BCUT2D eigenvalue weighted by Gasteiger charge is 2.16. The lowest BCUT2D eigenvalue weighted by molar-refractivity contribution is 0.214. The lowest BCUT2D eigenvalue weighted by atomic mass is 10.0. The number of nitrogens with zero attached hydrogens (tertiary/aromatic N) is 1. The number of rotatable bonds is 2. The molecule has 1 N–H and O–H groups in total. The number of aliphatic hydroxyl groups is 1. The van der Waals surface area contributed by atoms with Crippen LogP contribution in [0.2, 0.25) is 0 Å². The molecule has 0 aliphatic heterocycles. The molecule has 0 aliphatic carbocycles. The average Bonchev–Trinajstić information content (AvgIpc) is 2.29. The highest BCUT2D eigenvalue weighted by molar-refractivity contribution is 9.10. The highest BCUT2D eigenvalue weighted by Crippen LogP contribution is 2.28. The predicted molar refractivity (Wildman–Crippen MR) is 62.4 cm³/mol. The van der Waals surface area contributed by atoms with Gasteiger partial charge in [-0.05, 0) is 28.1 Å². The van der Waals surface area contributed by atoms with Crippen LogP contribution < -0.4 is 0 Å². The lowest BCUT2D eigenvalue weighted by Gasteiger charge is -2.13. The summed E-state index contributed by atoms with van der Waals surface area (Å²) in [4.78, 5) is 3.89. The summed E-state index contributed by atoms with van der Waals surface area (Å²) in [5, 5.41) is 10.1. The predicted octanol–water partition coefficient (Wildman–Crippen LogP) is 3.06. The summed E-state index contributed by atoms with van der Waals surface area (Å²) < 4.78 is 14.1. The van der Waals surface area contributed by atoms with Gasteiger partial charge >= 0.3 is 0 Å². The lowest BCUT2D eigenvalue weighted by Crippen LogP contribution is -2.03. The van der Waals surface area contributed by atoms with Crippen molar-refractivity contribution in [1.29, 1.82) is 0 Å². The SMILES string of the molecule is OC(c1ccccc1F)c1ccncc1Br. The molecule has 1 atom stereocenters. The van der Waals surface area contributed by atoms with Crippen LogP contribution in [0.1, 0.15) is 17.2 Å². The fourth-order valence-corrected chi connectivity index (χ4v) is 1.94. The Morgan fingerprint density at radius 1 is 1.19 bits per heavy atom. The van der Waals surface area contributed by atoms with Gasteiger partial charge in [-0.25, -0.2) is 4.39 Å². The Kier molecular flexibility index (Phi) is 3.31. The van der Waals surface area contributed by atoms with Gasteiger partial charge in [0.25, 0.3) is 0 Å². The van der Waals surface area contributed by atoms with E-state index in [1.165, 1.54) is 6.07 Å². The van der Waals surface area contributed by atoms with Crippen LogP contribution in [0.25, 0.3) is 0 Å². The van der Waals surface area contributed by atoms with E-state index in [4.69, 9.17) is 0 Å². The van der Waals surface area contributed by atoms with Crippen molar-refractivity contribution in [2.75, 3.05) is 0 Å². The minimum absolute atomic E-state index is 0.259. The molecule has 0 amide bonds. The number of hydrogen-bond donors (Lipinski definition) is 1. The molecule has 1 aromatic carbocycles. The third-order valence-corrected chi connectivity index (χ3v) is 2.96. The first kappa shape index (κ1) is 11.2. The van der Waals surface area contributed by atoms with Crippen LogP contribution in [0.4, 0.5) is 4.39 Å². The van der Waals surface area contributed by atoms with Gasteiger partial charge in [-0.1, -0.05) is 18.2 Å². The van der Waals surface area contributed by atoms with Gasteiger partial charge in [0.2, 0.25) is 0 Å². The molecule has 1 aromatic heterocycles. The van der Waals surface area contributed by atoms with E-state index in [0.717, 1.165) is 0 Å². The van der Waals surface area contributed by atoms with E-state index in [0.29, 0.717) is 10.0 Å². The second-order valence-corrected chi connectivity index (χ2v) is 4.18. The summed E-state index contributed by atoms with van der Waals surface area (Å²) in [5.74, 6) is -0.418. The number of benzene rings is 1. The van der Waals surface area contributed by atoms with E-state index in [9.17, 15) is 9.50 Å². The summed E-state index contributed by atoms with van der Waals surface area (Å²) in [5.41, 5.74) is 0.856. The molecule has 16 heavy (non-hydrogen) atoms. The number of pyridine rings is 1. The molecule has 4 heteroatoms. The number of halogens is 2. The minimum Gasteiger partial charge on any atom is -0.384 e. The van der Waals surface area contributed by atoms with E-state index in [1.54, 1.807) is 36.7 Å². The molecular weight excluding hydrogens is 273 g/mol. The van der Waals surface area contributed by atoms with Crippen molar-refractivity contribution in [3.05, 3.63) is 64.1 Å². The topological polar surface area (TPSA) is 33.1 Å². The average molecular weight is 282 g/mol. The first-order chi connectivity index (χ1) is 7.70. The normalized spacial score (nSPS) is 12.4. The molecule has 2 nitrogen and oxygen atoms in total. The summed E-state index contributed by atoms with van der Waals surface area (Å²) in [6, 6.07) is 7.82. The van der Waals surface area contributed by atoms with Gasteiger partial charge in [0.15, 0.2) is 0 Å². The van der Waals surface area contributed by atoms with E-state index < -0.39 is 11.9 Å². The van der Waals surface area contributed by atoms with Crippen molar-refractivity contribution in [3.8, 4) is 0 Å². The Labute approximate surface area is 101 Å². The molecule has 0 bridgehead atoms. The Morgan fingerprint density at radius 2 is 1.94 bits per heavy atom.